The highest BCUT2D eigenvalue weighted by Gasteiger charge is 2.30. The highest BCUT2D eigenvalue weighted by molar-refractivity contribution is 5.91. The van der Waals surface area contributed by atoms with Gasteiger partial charge in [0.2, 0.25) is 0 Å². The van der Waals surface area contributed by atoms with E-state index in [0.29, 0.717) is 19.0 Å². The van der Waals surface area contributed by atoms with Crippen molar-refractivity contribution >= 4 is 16.7 Å². The van der Waals surface area contributed by atoms with Crippen molar-refractivity contribution in [1.82, 2.24) is 15.0 Å². The smallest absolute Gasteiger partial charge is 0.163 e. The van der Waals surface area contributed by atoms with Gasteiger partial charge in [-0.15, -0.1) is 0 Å². The molecule has 0 amide bonds. The van der Waals surface area contributed by atoms with Gasteiger partial charge in [-0.3, -0.25) is 4.98 Å². The van der Waals surface area contributed by atoms with Crippen LogP contribution in [0.3, 0.4) is 0 Å². The standard InChI is InChI=1S/C25H22N4O2/c1-2-7-20-19(6-1)25(28-24(27-20)18-5-3-11-26-16-18)29-12-4-8-21(29)17-9-10-22-23(15-17)31-14-13-30-22/h1-3,5-7,9-11,15-16,21H,4,8,12-14H2. The highest BCUT2D eigenvalue weighted by atomic mass is 16.6. The molecule has 31 heavy (non-hydrogen) atoms. The lowest BCUT2D eigenvalue weighted by Crippen LogP contribution is -2.24. The van der Waals surface area contributed by atoms with Crippen LogP contribution >= 0.6 is 0 Å². The topological polar surface area (TPSA) is 60.4 Å². The van der Waals surface area contributed by atoms with Crippen LogP contribution in [0.2, 0.25) is 0 Å². The third-order valence-corrected chi connectivity index (χ3v) is 5.98. The summed E-state index contributed by atoms with van der Waals surface area (Å²) in [6, 6.07) is 18.7. The van der Waals surface area contributed by atoms with E-state index in [2.05, 4.69) is 34.1 Å². The third kappa shape index (κ3) is 3.24. The predicted molar refractivity (Wildman–Crippen MR) is 120 cm³/mol. The molecule has 1 unspecified atom stereocenters. The number of benzene rings is 2. The van der Waals surface area contributed by atoms with Gasteiger partial charge in [-0.25, -0.2) is 9.97 Å². The first kappa shape index (κ1) is 18.1. The van der Waals surface area contributed by atoms with Crippen LogP contribution in [0.15, 0.2) is 67.0 Å². The van der Waals surface area contributed by atoms with E-state index >= 15 is 0 Å². The molecule has 0 spiro atoms. The summed E-state index contributed by atoms with van der Waals surface area (Å²) < 4.78 is 11.5. The number of nitrogens with zero attached hydrogens (tertiary/aromatic N) is 4. The Kier molecular flexibility index (Phi) is 4.41. The van der Waals surface area contributed by atoms with Crippen molar-refractivity contribution in [2.24, 2.45) is 0 Å². The Hall–Kier alpha value is -3.67. The maximum absolute atomic E-state index is 5.84. The molecule has 4 aromatic rings. The van der Waals surface area contributed by atoms with Crippen LogP contribution < -0.4 is 14.4 Å². The maximum atomic E-state index is 5.84. The molecule has 4 heterocycles. The SMILES string of the molecule is c1cncc(-c2nc(N3CCCC3c3ccc4c(c3)OCCO4)c3ccccc3n2)c1. The van der Waals surface area contributed by atoms with Crippen LogP contribution in [-0.2, 0) is 0 Å². The fourth-order valence-electron chi connectivity index (χ4n) is 4.54. The predicted octanol–water partition coefficient (Wildman–Crippen LogP) is 4.80. The van der Waals surface area contributed by atoms with Crippen molar-refractivity contribution in [3.63, 3.8) is 0 Å². The Bertz CT molecular complexity index is 1240. The summed E-state index contributed by atoms with van der Waals surface area (Å²) in [6.45, 7) is 2.15. The number of aromatic nitrogens is 3. The lowest BCUT2D eigenvalue weighted by atomic mass is 10.0. The number of rotatable bonds is 3. The van der Waals surface area contributed by atoms with Crippen molar-refractivity contribution < 1.29 is 9.47 Å². The maximum Gasteiger partial charge on any atom is 0.163 e. The van der Waals surface area contributed by atoms with Gasteiger partial charge in [0.1, 0.15) is 19.0 Å². The molecular formula is C25H22N4O2. The second kappa shape index (κ2) is 7.54. The average molecular weight is 410 g/mol. The van der Waals surface area contributed by atoms with E-state index in [1.165, 1.54) is 5.56 Å². The van der Waals surface area contributed by atoms with E-state index in [1.807, 2.05) is 36.5 Å². The van der Waals surface area contributed by atoms with Gasteiger partial charge in [-0.05, 0) is 54.8 Å². The molecule has 0 saturated carbocycles. The molecule has 154 valence electrons. The zero-order chi connectivity index (χ0) is 20.6. The second-order valence-electron chi connectivity index (χ2n) is 7.88. The number of ether oxygens (including phenoxy) is 2. The Morgan fingerprint density at radius 1 is 0.903 bits per heavy atom. The third-order valence-electron chi connectivity index (χ3n) is 5.98. The van der Waals surface area contributed by atoms with Crippen molar-refractivity contribution in [1.29, 1.82) is 0 Å². The molecule has 6 nitrogen and oxygen atoms in total. The summed E-state index contributed by atoms with van der Waals surface area (Å²) in [5, 5.41) is 1.07. The van der Waals surface area contributed by atoms with Gasteiger partial charge >= 0.3 is 0 Å². The first-order chi connectivity index (χ1) is 15.4. The number of hydrogen-bond donors (Lipinski definition) is 0. The van der Waals surface area contributed by atoms with E-state index in [0.717, 1.165) is 53.2 Å². The van der Waals surface area contributed by atoms with Crippen molar-refractivity contribution in [2.45, 2.75) is 18.9 Å². The molecule has 0 aliphatic carbocycles. The van der Waals surface area contributed by atoms with Gasteiger partial charge in [0.25, 0.3) is 0 Å². The Morgan fingerprint density at radius 2 is 1.81 bits per heavy atom. The van der Waals surface area contributed by atoms with Crippen LogP contribution in [0.4, 0.5) is 5.82 Å². The summed E-state index contributed by atoms with van der Waals surface area (Å²) in [5.74, 6) is 3.33. The first-order valence-corrected chi connectivity index (χ1v) is 10.7. The fourth-order valence-corrected chi connectivity index (χ4v) is 4.54. The molecule has 1 atom stereocenters. The summed E-state index contributed by atoms with van der Waals surface area (Å²) in [6.07, 6.45) is 5.76. The Labute approximate surface area is 180 Å². The number of fused-ring (bicyclic) bond motifs is 2. The molecule has 0 N–H and O–H groups in total. The molecule has 6 rings (SSSR count). The normalized spacial score (nSPS) is 17.8. The van der Waals surface area contributed by atoms with Crippen LogP contribution in [0.5, 0.6) is 11.5 Å². The van der Waals surface area contributed by atoms with Crippen LogP contribution in [0.1, 0.15) is 24.4 Å². The molecule has 0 radical (unpaired) electrons. The minimum atomic E-state index is 0.232. The fraction of sp³-hybridized carbons (Fsp3) is 0.240. The minimum Gasteiger partial charge on any atom is -0.486 e. The molecule has 2 aliphatic rings. The Morgan fingerprint density at radius 3 is 2.71 bits per heavy atom. The van der Waals surface area contributed by atoms with E-state index in [9.17, 15) is 0 Å². The van der Waals surface area contributed by atoms with Crippen molar-refractivity contribution in [3.8, 4) is 22.9 Å². The van der Waals surface area contributed by atoms with Crippen LogP contribution in [-0.4, -0.2) is 34.7 Å². The lowest BCUT2D eigenvalue weighted by molar-refractivity contribution is 0.171. The van der Waals surface area contributed by atoms with E-state index in [4.69, 9.17) is 19.4 Å². The molecule has 2 aliphatic heterocycles. The van der Waals surface area contributed by atoms with Gasteiger partial charge in [0.15, 0.2) is 17.3 Å². The summed E-state index contributed by atoms with van der Waals surface area (Å²) in [7, 11) is 0. The van der Waals surface area contributed by atoms with Gasteiger partial charge in [-0.1, -0.05) is 18.2 Å². The molecule has 0 bridgehead atoms. The molecule has 2 aromatic heterocycles. The number of hydrogen-bond acceptors (Lipinski definition) is 6. The zero-order valence-electron chi connectivity index (χ0n) is 17.1. The molecule has 1 fully saturated rings. The highest BCUT2D eigenvalue weighted by Crippen LogP contribution is 2.41. The quantitative estimate of drug-likeness (QED) is 0.483. The summed E-state index contributed by atoms with van der Waals surface area (Å²) >= 11 is 0. The molecular weight excluding hydrogens is 388 g/mol. The monoisotopic (exact) mass is 410 g/mol. The molecule has 6 heteroatoms. The van der Waals surface area contributed by atoms with Crippen molar-refractivity contribution in [2.75, 3.05) is 24.7 Å². The Balaban J connectivity index is 1.46. The number of anilines is 1. The molecule has 2 aromatic carbocycles. The van der Waals surface area contributed by atoms with Crippen LogP contribution in [0.25, 0.3) is 22.3 Å². The zero-order valence-corrected chi connectivity index (χ0v) is 17.1. The van der Waals surface area contributed by atoms with Gasteiger partial charge in [-0.2, -0.15) is 0 Å². The summed E-state index contributed by atoms with van der Waals surface area (Å²) in [5.41, 5.74) is 3.09. The number of pyridine rings is 1. The average Bonchev–Trinajstić information content (AvgIpc) is 3.33. The first-order valence-electron chi connectivity index (χ1n) is 10.7. The van der Waals surface area contributed by atoms with E-state index in [1.54, 1.807) is 6.20 Å². The lowest BCUT2D eigenvalue weighted by Gasteiger charge is -2.28. The molecule has 1 saturated heterocycles. The van der Waals surface area contributed by atoms with Gasteiger partial charge in [0, 0.05) is 29.9 Å². The second-order valence-corrected chi connectivity index (χ2v) is 7.88. The van der Waals surface area contributed by atoms with Gasteiger partial charge < -0.3 is 14.4 Å². The van der Waals surface area contributed by atoms with Gasteiger partial charge in [0.05, 0.1) is 11.6 Å². The van der Waals surface area contributed by atoms with E-state index in [-0.39, 0.29) is 6.04 Å². The number of para-hydroxylation sites is 1. The van der Waals surface area contributed by atoms with E-state index < -0.39 is 0 Å². The minimum absolute atomic E-state index is 0.232. The van der Waals surface area contributed by atoms with Crippen molar-refractivity contribution in [3.05, 3.63) is 72.6 Å². The summed E-state index contributed by atoms with van der Waals surface area (Å²) in [4.78, 5) is 16.5. The largest absolute Gasteiger partial charge is 0.486 e. The van der Waals surface area contributed by atoms with Crippen LogP contribution in [0, 0.1) is 0 Å².